The number of hydrogen-bond acceptors (Lipinski definition) is 4. The lowest BCUT2D eigenvalue weighted by Gasteiger charge is -2.43. The van der Waals surface area contributed by atoms with Crippen LogP contribution in [-0.2, 0) is 16.1 Å². The van der Waals surface area contributed by atoms with Crippen molar-refractivity contribution in [2.24, 2.45) is 0 Å². The molecule has 0 saturated carbocycles. The fourth-order valence-corrected chi connectivity index (χ4v) is 2.30. The van der Waals surface area contributed by atoms with Crippen molar-refractivity contribution in [3.8, 4) is 0 Å². The fourth-order valence-electron chi connectivity index (χ4n) is 2.30. The van der Waals surface area contributed by atoms with Gasteiger partial charge in [-0.1, -0.05) is 0 Å². The third-order valence-electron chi connectivity index (χ3n) is 3.65. The molecule has 1 aliphatic rings. The predicted octanol–water partition coefficient (Wildman–Crippen LogP) is 0.484. The van der Waals surface area contributed by atoms with Gasteiger partial charge in [-0.2, -0.15) is 5.10 Å². The molecule has 0 aromatic carbocycles. The van der Waals surface area contributed by atoms with Crippen molar-refractivity contribution >= 4 is 11.8 Å². The highest BCUT2D eigenvalue weighted by molar-refractivity contribution is 5.98. The average molecular weight is 279 g/mol. The first-order valence-electron chi connectivity index (χ1n) is 6.76. The van der Waals surface area contributed by atoms with Gasteiger partial charge in [0, 0.05) is 6.04 Å². The monoisotopic (exact) mass is 279 g/mol. The Balaban J connectivity index is 2.32. The van der Waals surface area contributed by atoms with Crippen molar-refractivity contribution in [2.45, 2.75) is 58.8 Å². The topological polar surface area (TPSA) is 80.1 Å². The molecule has 20 heavy (non-hydrogen) atoms. The predicted molar refractivity (Wildman–Crippen MR) is 72.6 cm³/mol. The van der Waals surface area contributed by atoms with Gasteiger partial charge in [0.05, 0.1) is 6.54 Å². The van der Waals surface area contributed by atoms with E-state index in [1.165, 1.54) is 6.33 Å². The van der Waals surface area contributed by atoms with Gasteiger partial charge in [-0.05, 0) is 34.6 Å². The Hall–Kier alpha value is -1.92. The highest BCUT2D eigenvalue weighted by Crippen LogP contribution is 2.23. The summed E-state index contributed by atoms with van der Waals surface area (Å²) < 4.78 is 1.76. The highest BCUT2D eigenvalue weighted by atomic mass is 16.2. The van der Waals surface area contributed by atoms with Crippen LogP contribution in [-0.4, -0.2) is 43.1 Å². The Kier molecular flexibility index (Phi) is 3.54. The molecule has 0 bridgehead atoms. The molecule has 1 aromatic rings. The molecule has 7 nitrogen and oxygen atoms in total. The standard InChI is InChI=1S/C13H21N5O2/c1-8(2)18-10(14-7-15-18)6-17-11(19)9(3)16-12(20)13(17,4)5/h7-9H,6H2,1-5H3,(H,16,20). The second-order valence-corrected chi connectivity index (χ2v) is 5.89. The van der Waals surface area contributed by atoms with Crippen LogP contribution in [0, 0.1) is 0 Å². The number of hydrogen-bond donors (Lipinski definition) is 1. The molecule has 1 aromatic heterocycles. The molecule has 1 saturated heterocycles. The Morgan fingerprint density at radius 3 is 2.65 bits per heavy atom. The number of nitrogens with one attached hydrogen (secondary N) is 1. The molecular weight excluding hydrogens is 258 g/mol. The zero-order valence-electron chi connectivity index (χ0n) is 12.5. The van der Waals surface area contributed by atoms with Crippen molar-refractivity contribution in [1.29, 1.82) is 0 Å². The third-order valence-corrected chi connectivity index (χ3v) is 3.65. The van der Waals surface area contributed by atoms with Gasteiger partial charge >= 0.3 is 0 Å². The molecule has 0 spiro atoms. The van der Waals surface area contributed by atoms with Crippen LogP contribution in [0.15, 0.2) is 6.33 Å². The van der Waals surface area contributed by atoms with E-state index in [0.717, 1.165) is 0 Å². The van der Waals surface area contributed by atoms with E-state index in [1.54, 1.807) is 30.4 Å². The maximum Gasteiger partial charge on any atom is 0.246 e. The zero-order valence-corrected chi connectivity index (χ0v) is 12.5. The van der Waals surface area contributed by atoms with Crippen molar-refractivity contribution in [3.05, 3.63) is 12.2 Å². The van der Waals surface area contributed by atoms with E-state index in [1.807, 2.05) is 13.8 Å². The highest BCUT2D eigenvalue weighted by Gasteiger charge is 2.45. The quantitative estimate of drug-likeness (QED) is 0.873. The summed E-state index contributed by atoms with van der Waals surface area (Å²) in [6.07, 6.45) is 1.47. The van der Waals surface area contributed by atoms with Crippen LogP contribution < -0.4 is 5.32 Å². The first kappa shape index (κ1) is 14.5. The molecule has 0 aliphatic carbocycles. The van der Waals surface area contributed by atoms with Crippen LogP contribution in [0.4, 0.5) is 0 Å². The molecule has 1 atom stereocenters. The zero-order chi connectivity index (χ0) is 15.1. The minimum atomic E-state index is -0.892. The number of aromatic nitrogens is 3. The summed E-state index contributed by atoms with van der Waals surface area (Å²) in [5, 5.41) is 6.85. The number of carbonyl (C=O) groups is 2. The van der Waals surface area contributed by atoms with Gasteiger partial charge in [0.15, 0.2) is 0 Å². The summed E-state index contributed by atoms with van der Waals surface area (Å²) in [4.78, 5) is 30.2. The van der Waals surface area contributed by atoms with E-state index in [4.69, 9.17) is 0 Å². The summed E-state index contributed by atoms with van der Waals surface area (Å²) in [5.41, 5.74) is -0.892. The average Bonchev–Trinajstić information content (AvgIpc) is 2.81. The van der Waals surface area contributed by atoms with Crippen LogP contribution in [0.3, 0.4) is 0 Å². The number of piperazine rings is 1. The molecule has 110 valence electrons. The first-order chi connectivity index (χ1) is 9.25. The summed E-state index contributed by atoms with van der Waals surface area (Å²) in [6.45, 7) is 9.44. The molecule has 1 N–H and O–H groups in total. The Bertz CT molecular complexity index is 535. The van der Waals surface area contributed by atoms with Gasteiger partial charge in [0.1, 0.15) is 23.7 Å². The van der Waals surface area contributed by atoms with E-state index in [9.17, 15) is 9.59 Å². The molecule has 2 amide bonds. The normalized spacial score (nSPS) is 22.3. The van der Waals surface area contributed by atoms with Crippen LogP contribution in [0.25, 0.3) is 0 Å². The lowest BCUT2D eigenvalue weighted by molar-refractivity contribution is -0.155. The third kappa shape index (κ3) is 2.28. The van der Waals surface area contributed by atoms with Crippen LogP contribution in [0.1, 0.15) is 46.5 Å². The van der Waals surface area contributed by atoms with Crippen molar-refractivity contribution in [3.63, 3.8) is 0 Å². The van der Waals surface area contributed by atoms with Crippen LogP contribution in [0.2, 0.25) is 0 Å². The van der Waals surface area contributed by atoms with Crippen molar-refractivity contribution < 1.29 is 9.59 Å². The SMILES string of the molecule is CC1NC(=O)C(C)(C)N(Cc2ncnn2C(C)C)C1=O. The fraction of sp³-hybridized carbons (Fsp3) is 0.692. The van der Waals surface area contributed by atoms with E-state index < -0.39 is 11.6 Å². The summed E-state index contributed by atoms with van der Waals surface area (Å²) in [5.74, 6) is 0.427. The van der Waals surface area contributed by atoms with Gasteiger partial charge in [-0.25, -0.2) is 9.67 Å². The van der Waals surface area contributed by atoms with Crippen molar-refractivity contribution in [2.75, 3.05) is 0 Å². The van der Waals surface area contributed by atoms with Gasteiger partial charge in [0.2, 0.25) is 11.8 Å². The number of rotatable bonds is 3. The second-order valence-electron chi connectivity index (χ2n) is 5.89. The smallest absolute Gasteiger partial charge is 0.246 e. The Morgan fingerprint density at radius 2 is 2.05 bits per heavy atom. The molecule has 1 aliphatic heterocycles. The van der Waals surface area contributed by atoms with Gasteiger partial charge < -0.3 is 10.2 Å². The Labute approximate surface area is 118 Å². The van der Waals surface area contributed by atoms with E-state index in [-0.39, 0.29) is 24.4 Å². The molecular formula is C13H21N5O2. The lowest BCUT2D eigenvalue weighted by Crippen LogP contribution is -2.67. The Morgan fingerprint density at radius 1 is 1.40 bits per heavy atom. The first-order valence-corrected chi connectivity index (χ1v) is 6.76. The molecule has 1 fully saturated rings. The van der Waals surface area contributed by atoms with E-state index in [2.05, 4.69) is 15.4 Å². The number of amides is 2. The van der Waals surface area contributed by atoms with Crippen LogP contribution >= 0.6 is 0 Å². The minimum absolute atomic E-state index is 0.104. The van der Waals surface area contributed by atoms with Crippen LogP contribution in [0.5, 0.6) is 0 Å². The molecule has 7 heteroatoms. The largest absolute Gasteiger partial charge is 0.343 e. The van der Waals surface area contributed by atoms with E-state index >= 15 is 0 Å². The van der Waals surface area contributed by atoms with E-state index in [0.29, 0.717) is 5.82 Å². The molecule has 1 unspecified atom stereocenters. The molecule has 0 radical (unpaired) electrons. The molecule has 2 rings (SSSR count). The summed E-state index contributed by atoms with van der Waals surface area (Å²) in [6, 6.07) is -0.354. The lowest BCUT2D eigenvalue weighted by atomic mass is 9.96. The number of carbonyl (C=O) groups excluding carboxylic acids is 2. The summed E-state index contributed by atoms with van der Waals surface area (Å²) in [7, 11) is 0. The van der Waals surface area contributed by atoms with Gasteiger partial charge in [-0.15, -0.1) is 0 Å². The van der Waals surface area contributed by atoms with Gasteiger partial charge in [-0.3, -0.25) is 9.59 Å². The maximum absolute atomic E-state index is 12.3. The summed E-state index contributed by atoms with van der Waals surface area (Å²) >= 11 is 0. The second kappa shape index (κ2) is 4.88. The van der Waals surface area contributed by atoms with Gasteiger partial charge in [0.25, 0.3) is 0 Å². The van der Waals surface area contributed by atoms with Crippen molar-refractivity contribution in [1.82, 2.24) is 25.0 Å². The molecule has 2 heterocycles. The maximum atomic E-state index is 12.3. The number of nitrogens with zero attached hydrogens (tertiary/aromatic N) is 4. The minimum Gasteiger partial charge on any atom is -0.343 e.